The molecule has 1 saturated heterocycles. The number of allylic oxidation sites excluding steroid dienone is 7. The molecule has 2 fully saturated rings. The van der Waals surface area contributed by atoms with Crippen molar-refractivity contribution in [2.75, 3.05) is 0 Å². The quantitative estimate of drug-likeness (QED) is 0.0965. The summed E-state index contributed by atoms with van der Waals surface area (Å²) in [5, 5.41) is 20.2. The van der Waals surface area contributed by atoms with Crippen molar-refractivity contribution in [1.29, 1.82) is 0 Å². The molecule has 3 aliphatic rings. The third kappa shape index (κ3) is 5.28. The zero-order chi connectivity index (χ0) is 33.0. The van der Waals surface area contributed by atoms with Crippen molar-refractivity contribution in [3.05, 3.63) is 70.5 Å². The topological polar surface area (TPSA) is 101 Å². The number of rotatable bonds is 9. The normalized spacial score (nSPS) is 28.5. The van der Waals surface area contributed by atoms with Gasteiger partial charge >= 0.3 is 0 Å². The van der Waals surface area contributed by atoms with E-state index in [1.54, 1.807) is 0 Å². The van der Waals surface area contributed by atoms with E-state index in [9.17, 15) is 15.0 Å². The number of carbonyl (C=O) groups excluding carboxylic acids is 3. The van der Waals surface area contributed by atoms with Crippen LogP contribution in [0.5, 0.6) is 11.5 Å². The highest BCUT2D eigenvalue weighted by molar-refractivity contribution is 6.35. The number of ether oxygens (including phenoxy) is 1. The minimum absolute atomic E-state index is 0.0255. The van der Waals surface area contributed by atoms with Crippen LogP contribution < -0.4 is 0 Å². The SMILES string of the molecule is C=C(C)CC[C@]12C(=O)C(C(=O)c3ccc(O)c(O)c3)=C3OC(C)(C)[C@H](CC=C(C)C)C[C@@]3(C[C@H](CC=C(C)C)C1(C)C)C2=O. The molecule has 1 heterocycles. The van der Waals surface area contributed by atoms with Gasteiger partial charge in [-0.1, -0.05) is 42.7 Å². The first-order valence-corrected chi connectivity index (χ1v) is 15.8. The number of carbonyl (C=O) groups is 3. The van der Waals surface area contributed by atoms with Gasteiger partial charge in [0, 0.05) is 11.5 Å². The molecule has 0 unspecified atom stereocenters. The largest absolute Gasteiger partial charge is 0.504 e. The Bertz CT molecular complexity index is 1490. The molecule has 0 aromatic heterocycles. The number of phenolic OH excluding ortho intramolecular Hbond substituents is 2. The Labute approximate surface area is 263 Å². The van der Waals surface area contributed by atoms with Gasteiger partial charge in [-0.15, -0.1) is 6.58 Å². The highest BCUT2D eigenvalue weighted by Crippen LogP contribution is 2.69. The smallest absolute Gasteiger partial charge is 0.200 e. The van der Waals surface area contributed by atoms with Gasteiger partial charge in [0.15, 0.2) is 28.8 Å². The fourth-order valence-electron chi connectivity index (χ4n) is 7.86. The average Bonchev–Trinajstić information content (AvgIpc) is 2.91. The Morgan fingerprint density at radius 2 is 1.50 bits per heavy atom. The summed E-state index contributed by atoms with van der Waals surface area (Å²) >= 11 is 0. The first kappa shape index (κ1) is 33.5. The first-order valence-electron chi connectivity index (χ1n) is 15.8. The number of fused-ring (bicyclic) bond motifs is 1. The van der Waals surface area contributed by atoms with Crippen molar-refractivity contribution in [3.8, 4) is 11.5 Å². The summed E-state index contributed by atoms with van der Waals surface area (Å²) in [6, 6.07) is 3.80. The van der Waals surface area contributed by atoms with Gasteiger partial charge in [0.25, 0.3) is 0 Å². The average molecular weight is 603 g/mol. The molecule has 4 atom stereocenters. The standard InChI is InChI=1S/C38H50O6/c1-22(2)11-14-26-20-37-21-27(15-12-23(3)4)36(9,10)44-33(37)30(31(41)25-13-16-28(39)29(40)19-25)32(42)38(34(37)43,35(26,7)8)18-17-24(5)6/h11-13,16,19,26-27,39-40H,5,14-15,17-18,20-21H2,1-4,6-10H3/t26-,27+,37+,38+/m0/s1. The molecule has 1 spiro atoms. The maximum Gasteiger partial charge on any atom is 0.200 e. The molecule has 0 radical (unpaired) electrons. The predicted molar refractivity (Wildman–Crippen MR) is 173 cm³/mol. The minimum atomic E-state index is -1.47. The van der Waals surface area contributed by atoms with Gasteiger partial charge in [-0.05, 0) is 117 Å². The van der Waals surface area contributed by atoms with Crippen molar-refractivity contribution in [1.82, 2.24) is 0 Å². The van der Waals surface area contributed by atoms with Crippen LogP contribution in [0, 0.1) is 28.1 Å². The molecule has 1 aromatic carbocycles. The van der Waals surface area contributed by atoms with E-state index in [0.717, 1.165) is 5.57 Å². The van der Waals surface area contributed by atoms with Crippen LogP contribution >= 0.6 is 0 Å². The van der Waals surface area contributed by atoms with Crippen molar-refractivity contribution in [2.24, 2.45) is 28.1 Å². The number of Topliss-reactive ketones (excluding diaryl/α,β-unsaturated/α-hetero) is 3. The summed E-state index contributed by atoms with van der Waals surface area (Å²) in [7, 11) is 0. The van der Waals surface area contributed by atoms with Gasteiger partial charge in [0.1, 0.15) is 16.9 Å². The van der Waals surface area contributed by atoms with Crippen LogP contribution in [-0.2, 0) is 14.3 Å². The fraction of sp³-hybridized carbons (Fsp3) is 0.553. The maximum atomic E-state index is 15.3. The number of phenols is 2. The van der Waals surface area contributed by atoms with Gasteiger partial charge in [-0.3, -0.25) is 14.4 Å². The second-order valence-corrected chi connectivity index (χ2v) is 15.1. The number of benzene rings is 1. The lowest BCUT2D eigenvalue weighted by molar-refractivity contribution is -0.189. The molecule has 1 saturated carbocycles. The molecule has 6 nitrogen and oxygen atoms in total. The van der Waals surface area contributed by atoms with Gasteiger partial charge in [0.2, 0.25) is 0 Å². The number of hydrogen-bond acceptors (Lipinski definition) is 6. The third-order valence-electron chi connectivity index (χ3n) is 10.8. The molecule has 44 heavy (non-hydrogen) atoms. The highest BCUT2D eigenvalue weighted by Gasteiger charge is 2.74. The summed E-state index contributed by atoms with van der Waals surface area (Å²) in [5.74, 6) is -1.93. The molecular formula is C38H50O6. The van der Waals surface area contributed by atoms with Crippen LogP contribution in [0.4, 0.5) is 0 Å². The second-order valence-electron chi connectivity index (χ2n) is 15.1. The molecule has 2 aliphatic carbocycles. The first-order chi connectivity index (χ1) is 20.3. The molecule has 2 N–H and O–H groups in total. The van der Waals surface area contributed by atoms with Crippen molar-refractivity contribution < 1.29 is 29.3 Å². The predicted octanol–water partition coefficient (Wildman–Crippen LogP) is 8.59. The summed E-state index contributed by atoms with van der Waals surface area (Å²) in [6.07, 6.45) is 7.45. The lowest BCUT2D eigenvalue weighted by atomic mass is 9.38. The summed E-state index contributed by atoms with van der Waals surface area (Å²) in [6.45, 7) is 22.2. The maximum absolute atomic E-state index is 15.3. The number of hydrogen-bond donors (Lipinski definition) is 2. The van der Waals surface area contributed by atoms with Crippen LogP contribution in [0.2, 0.25) is 0 Å². The van der Waals surface area contributed by atoms with Crippen LogP contribution in [-0.4, -0.2) is 33.2 Å². The number of aromatic hydroxyl groups is 2. The van der Waals surface area contributed by atoms with E-state index in [1.165, 1.54) is 29.3 Å². The van der Waals surface area contributed by atoms with Crippen LogP contribution in [0.1, 0.15) is 111 Å². The van der Waals surface area contributed by atoms with Gasteiger partial charge in [-0.2, -0.15) is 0 Å². The lowest BCUT2D eigenvalue weighted by Crippen LogP contribution is -2.69. The molecule has 4 rings (SSSR count). The molecule has 1 aromatic rings. The molecule has 0 amide bonds. The third-order valence-corrected chi connectivity index (χ3v) is 10.8. The zero-order valence-corrected chi connectivity index (χ0v) is 28.0. The van der Waals surface area contributed by atoms with E-state index < -0.39 is 39.2 Å². The second kappa shape index (κ2) is 11.5. The highest BCUT2D eigenvalue weighted by atomic mass is 16.5. The van der Waals surface area contributed by atoms with Crippen LogP contribution in [0.15, 0.2) is 65.0 Å². The molecule has 2 bridgehead atoms. The lowest BCUT2D eigenvalue weighted by Gasteiger charge is -2.64. The Kier molecular flexibility index (Phi) is 8.75. The van der Waals surface area contributed by atoms with Crippen LogP contribution in [0.3, 0.4) is 0 Å². The van der Waals surface area contributed by atoms with E-state index in [4.69, 9.17) is 4.74 Å². The van der Waals surface area contributed by atoms with E-state index in [0.29, 0.717) is 32.1 Å². The summed E-state index contributed by atoms with van der Waals surface area (Å²) in [4.78, 5) is 44.9. The van der Waals surface area contributed by atoms with Crippen LogP contribution in [0.25, 0.3) is 0 Å². The molecule has 1 aliphatic heterocycles. The Balaban J connectivity index is 2.08. The molecular weight excluding hydrogens is 552 g/mol. The van der Waals surface area contributed by atoms with E-state index in [2.05, 4.69) is 46.4 Å². The van der Waals surface area contributed by atoms with E-state index in [1.807, 2.05) is 34.6 Å². The summed E-state index contributed by atoms with van der Waals surface area (Å²) in [5.41, 5.74) is -0.981. The van der Waals surface area contributed by atoms with E-state index >= 15 is 9.59 Å². The van der Waals surface area contributed by atoms with Crippen molar-refractivity contribution in [2.45, 2.75) is 106 Å². The van der Waals surface area contributed by atoms with Crippen molar-refractivity contribution >= 4 is 17.3 Å². The number of ketones is 3. The van der Waals surface area contributed by atoms with Gasteiger partial charge < -0.3 is 14.9 Å². The molecule has 238 valence electrons. The zero-order valence-electron chi connectivity index (χ0n) is 28.0. The monoisotopic (exact) mass is 602 g/mol. The minimum Gasteiger partial charge on any atom is -0.504 e. The Hall–Kier alpha value is -3.41. The molecule has 6 heteroatoms. The summed E-state index contributed by atoms with van der Waals surface area (Å²) < 4.78 is 6.80. The fourth-order valence-corrected chi connectivity index (χ4v) is 7.86. The van der Waals surface area contributed by atoms with Gasteiger partial charge in [-0.25, -0.2) is 0 Å². The van der Waals surface area contributed by atoms with E-state index in [-0.39, 0.29) is 46.7 Å². The Morgan fingerprint density at radius 1 is 0.932 bits per heavy atom. The Morgan fingerprint density at radius 3 is 2.05 bits per heavy atom. The van der Waals surface area contributed by atoms with Gasteiger partial charge in [0.05, 0.1) is 10.8 Å². The van der Waals surface area contributed by atoms with Crippen molar-refractivity contribution in [3.63, 3.8) is 0 Å².